The van der Waals surface area contributed by atoms with Gasteiger partial charge in [-0.15, -0.1) is 0 Å². The van der Waals surface area contributed by atoms with Crippen molar-refractivity contribution in [1.29, 1.82) is 0 Å². The van der Waals surface area contributed by atoms with Gasteiger partial charge in [-0.1, -0.05) is 35.9 Å². The molecule has 31 heavy (non-hydrogen) atoms. The van der Waals surface area contributed by atoms with Crippen LogP contribution in [0.5, 0.6) is 11.5 Å². The third-order valence-electron chi connectivity index (χ3n) is 5.12. The molecular weight excluding hydrogens is 418 g/mol. The number of phenols is 1. The lowest BCUT2D eigenvalue weighted by Gasteiger charge is -2.25. The Labute approximate surface area is 183 Å². The van der Waals surface area contributed by atoms with Crippen molar-refractivity contribution in [3.63, 3.8) is 0 Å². The fourth-order valence-corrected chi connectivity index (χ4v) is 3.76. The van der Waals surface area contributed by atoms with Crippen molar-refractivity contribution in [2.24, 2.45) is 0 Å². The molecule has 3 aromatic carbocycles. The first-order chi connectivity index (χ1) is 14.9. The zero-order chi connectivity index (χ0) is 22.1. The lowest BCUT2D eigenvalue weighted by molar-refractivity contribution is -0.132. The van der Waals surface area contributed by atoms with Crippen LogP contribution < -0.4 is 9.64 Å². The summed E-state index contributed by atoms with van der Waals surface area (Å²) in [6.45, 7) is 0. The van der Waals surface area contributed by atoms with Crippen LogP contribution in [0.4, 0.5) is 5.69 Å². The van der Waals surface area contributed by atoms with E-state index in [0.717, 1.165) is 0 Å². The number of rotatable bonds is 4. The van der Waals surface area contributed by atoms with E-state index in [2.05, 4.69) is 0 Å². The Morgan fingerprint density at radius 3 is 2.32 bits per heavy atom. The van der Waals surface area contributed by atoms with Crippen molar-refractivity contribution < 1.29 is 24.5 Å². The quantitative estimate of drug-likeness (QED) is 0.353. The molecule has 0 bridgehead atoms. The second-order valence-electron chi connectivity index (χ2n) is 6.94. The SMILES string of the molecule is COc1cc(C2/C(=C(\O)c3ccc(Cl)cc3)C(=O)C(=O)N2c2ccccc2)ccc1O. The van der Waals surface area contributed by atoms with Crippen molar-refractivity contribution in [3.05, 3.63) is 94.5 Å². The molecule has 6 nitrogen and oxygen atoms in total. The normalized spacial score (nSPS) is 17.7. The van der Waals surface area contributed by atoms with Gasteiger partial charge in [0.05, 0.1) is 18.7 Å². The monoisotopic (exact) mass is 435 g/mol. The Bertz CT molecular complexity index is 1190. The predicted molar refractivity (Wildman–Crippen MR) is 117 cm³/mol. The molecule has 1 aliphatic rings. The number of aliphatic hydroxyl groups excluding tert-OH is 1. The summed E-state index contributed by atoms with van der Waals surface area (Å²) in [5, 5.41) is 21.5. The molecule has 1 aliphatic heterocycles. The molecule has 156 valence electrons. The molecule has 0 aliphatic carbocycles. The molecule has 7 heteroatoms. The van der Waals surface area contributed by atoms with E-state index in [4.69, 9.17) is 16.3 Å². The molecule has 2 N–H and O–H groups in total. The van der Waals surface area contributed by atoms with Gasteiger partial charge in [0, 0.05) is 16.3 Å². The number of ether oxygens (including phenoxy) is 1. The summed E-state index contributed by atoms with van der Waals surface area (Å²) in [6.07, 6.45) is 0. The number of para-hydroxylation sites is 1. The van der Waals surface area contributed by atoms with Crippen LogP contribution in [-0.4, -0.2) is 29.0 Å². The standard InChI is InChI=1S/C24H18ClNO5/c1-31-19-13-15(9-12-18(19)27)21-20(22(28)14-7-10-16(25)11-8-14)23(29)24(30)26(21)17-5-3-2-4-6-17/h2-13,21,27-28H,1H3/b22-20+. The minimum atomic E-state index is -0.924. The van der Waals surface area contributed by atoms with Crippen molar-refractivity contribution >= 4 is 34.7 Å². The first-order valence-electron chi connectivity index (χ1n) is 9.41. The van der Waals surface area contributed by atoms with E-state index in [0.29, 0.717) is 21.8 Å². The highest BCUT2D eigenvalue weighted by Gasteiger charge is 2.47. The second-order valence-corrected chi connectivity index (χ2v) is 7.38. The van der Waals surface area contributed by atoms with Crippen LogP contribution in [0.15, 0.2) is 78.4 Å². The molecule has 0 radical (unpaired) electrons. The first-order valence-corrected chi connectivity index (χ1v) is 9.79. The summed E-state index contributed by atoms with van der Waals surface area (Å²) in [4.78, 5) is 27.4. The molecule has 0 saturated carbocycles. The van der Waals surface area contributed by atoms with Crippen LogP contribution in [0.25, 0.3) is 5.76 Å². The Kier molecular flexibility index (Phi) is 5.40. The van der Waals surface area contributed by atoms with Gasteiger partial charge >= 0.3 is 0 Å². The smallest absolute Gasteiger partial charge is 0.300 e. The Morgan fingerprint density at radius 2 is 1.68 bits per heavy atom. The maximum absolute atomic E-state index is 13.1. The zero-order valence-electron chi connectivity index (χ0n) is 16.4. The van der Waals surface area contributed by atoms with Crippen LogP contribution >= 0.6 is 11.6 Å². The molecule has 1 saturated heterocycles. The van der Waals surface area contributed by atoms with E-state index in [9.17, 15) is 19.8 Å². The first kappa shape index (κ1) is 20.5. The summed E-state index contributed by atoms with van der Waals surface area (Å²) in [6, 6.07) is 18.6. The van der Waals surface area contributed by atoms with Gasteiger partial charge in [0.1, 0.15) is 5.76 Å². The second kappa shape index (κ2) is 8.16. The number of phenolic OH excluding ortho intramolecular Hbond substituents is 1. The fraction of sp³-hybridized carbons (Fsp3) is 0.0833. The molecule has 1 fully saturated rings. The number of carbonyl (C=O) groups excluding carboxylic acids is 2. The lowest BCUT2D eigenvalue weighted by Crippen LogP contribution is -2.29. The summed E-state index contributed by atoms with van der Waals surface area (Å²) < 4.78 is 5.20. The van der Waals surface area contributed by atoms with Gasteiger partial charge in [-0.25, -0.2) is 0 Å². The van der Waals surface area contributed by atoms with Crippen molar-refractivity contribution in [1.82, 2.24) is 0 Å². The highest BCUT2D eigenvalue weighted by Crippen LogP contribution is 2.43. The van der Waals surface area contributed by atoms with E-state index in [-0.39, 0.29) is 22.8 Å². The molecule has 1 amide bonds. The van der Waals surface area contributed by atoms with E-state index in [1.54, 1.807) is 60.7 Å². The average Bonchev–Trinajstić information content (AvgIpc) is 3.05. The Morgan fingerprint density at radius 1 is 1.00 bits per heavy atom. The minimum Gasteiger partial charge on any atom is -0.507 e. The van der Waals surface area contributed by atoms with Gasteiger partial charge in [0.15, 0.2) is 11.5 Å². The van der Waals surface area contributed by atoms with Gasteiger partial charge in [-0.3, -0.25) is 14.5 Å². The van der Waals surface area contributed by atoms with Gasteiger partial charge in [0.25, 0.3) is 11.7 Å². The number of aromatic hydroxyl groups is 1. The lowest BCUT2D eigenvalue weighted by atomic mass is 9.95. The molecule has 1 heterocycles. The highest BCUT2D eigenvalue weighted by atomic mass is 35.5. The molecule has 1 unspecified atom stereocenters. The van der Waals surface area contributed by atoms with Crippen LogP contribution in [0.1, 0.15) is 17.2 Å². The van der Waals surface area contributed by atoms with Crippen molar-refractivity contribution in [2.45, 2.75) is 6.04 Å². The van der Waals surface area contributed by atoms with Gasteiger partial charge in [0.2, 0.25) is 0 Å². The number of anilines is 1. The van der Waals surface area contributed by atoms with Crippen molar-refractivity contribution in [3.8, 4) is 11.5 Å². The van der Waals surface area contributed by atoms with Crippen LogP contribution in [-0.2, 0) is 9.59 Å². The third-order valence-corrected chi connectivity index (χ3v) is 5.37. The van der Waals surface area contributed by atoms with E-state index >= 15 is 0 Å². The maximum Gasteiger partial charge on any atom is 0.300 e. The molecule has 1 atom stereocenters. The molecule has 3 aromatic rings. The van der Waals surface area contributed by atoms with Gasteiger partial charge in [-0.2, -0.15) is 0 Å². The Balaban J connectivity index is 1.96. The number of aliphatic hydroxyl groups is 1. The highest BCUT2D eigenvalue weighted by molar-refractivity contribution is 6.51. The number of amides is 1. The number of halogens is 1. The number of benzene rings is 3. The molecular formula is C24H18ClNO5. The Hall–Kier alpha value is -3.77. The number of hydrogen-bond acceptors (Lipinski definition) is 5. The number of hydrogen-bond donors (Lipinski definition) is 2. The van der Waals surface area contributed by atoms with E-state index in [1.165, 1.54) is 24.1 Å². The van der Waals surface area contributed by atoms with Crippen LogP contribution in [0, 0.1) is 0 Å². The number of Topliss-reactive ketones (excluding diaryl/α,β-unsaturated/α-hetero) is 1. The molecule has 0 aromatic heterocycles. The maximum atomic E-state index is 13.1. The van der Waals surface area contributed by atoms with E-state index < -0.39 is 17.7 Å². The minimum absolute atomic E-state index is 0.0658. The predicted octanol–water partition coefficient (Wildman–Crippen LogP) is 4.68. The largest absolute Gasteiger partial charge is 0.507 e. The summed E-state index contributed by atoms with van der Waals surface area (Å²) >= 11 is 5.94. The summed E-state index contributed by atoms with van der Waals surface area (Å²) in [5.74, 6) is -1.79. The number of methoxy groups -OCH3 is 1. The van der Waals surface area contributed by atoms with Crippen LogP contribution in [0.3, 0.4) is 0 Å². The number of ketones is 1. The number of carbonyl (C=O) groups is 2. The fourth-order valence-electron chi connectivity index (χ4n) is 3.63. The average molecular weight is 436 g/mol. The third kappa shape index (κ3) is 3.62. The summed E-state index contributed by atoms with van der Waals surface area (Å²) in [7, 11) is 1.40. The topological polar surface area (TPSA) is 87.1 Å². The molecule has 4 rings (SSSR count). The number of nitrogens with zero attached hydrogens (tertiary/aromatic N) is 1. The molecule has 0 spiro atoms. The van der Waals surface area contributed by atoms with Gasteiger partial charge < -0.3 is 14.9 Å². The van der Waals surface area contributed by atoms with Crippen molar-refractivity contribution in [2.75, 3.05) is 12.0 Å². The zero-order valence-corrected chi connectivity index (χ0v) is 17.2. The summed E-state index contributed by atoms with van der Waals surface area (Å²) in [5.41, 5.74) is 1.28. The van der Waals surface area contributed by atoms with Crippen LogP contribution in [0.2, 0.25) is 5.02 Å². The van der Waals surface area contributed by atoms with E-state index in [1.807, 2.05) is 0 Å². The van der Waals surface area contributed by atoms with Gasteiger partial charge in [-0.05, 0) is 54.1 Å².